The van der Waals surface area contributed by atoms with E-state index >= 15 is 0 Å². The molecule has 1 fully saturated rings. The number of benzene rings is 1. The standard InChI is InChI=1S/C18H20ClF3N4/c1-25-8-2-3-11(10-25)16-13-6-7-23-17(13)26(24-16)15-5-4-12(19)9-14(15)18(20,21)22/h4-5,9,11,23H,2-3,6-8,10H2,1H3. The van der Waals surface area contributed by atoms with E-state index in [1.54, 1.807) is 0 Å². The molecule has 8 heteroatoms. The first-order valence-electron chi connectivity index (χ1n) is 8.76. The number of likely N-dealkylation sites (tertiary alicyclic amines) is 1. The predicted molar refractivity (Wildman–Crippen MR) is 95.2 cm³/mol. The van der Waals surface area contributed by atoms with Crippen molar-refractivity contribution in [1.82, 2.24) is 14.7 Å². The van der Waals surface area contributed by atoms with Crippen LogP contribution in [0.5, 0.6) is 0 Å². The highest BCUT2D eigenvalue weighted by molar-refractivity contribution is 6.30. The summed E-state index contributed by atoms with van der Waals surface area (Å²) in [6.45, 7) is 2.65. The Morgan fingerprint density at radius 2 is 2.12 bits per heavy atom. The number of rotatable bonds is 2. The maximum absolute atomic E-state index is 13.6. The van der Waals surface area contributed by atoms with Crippen LogP contribution in [0.2, 0.25) is 5.02 Å². The lowest BCUT2D eigenvalue weighted by atomic mass is 9.92. The van der Waals surface area contributed by atoms with Crippen LogP contribution in [0, 0.1) is 0 Å². The zero-order valence-electron chi connectivity index (χ0n) is 14.4. The minimum absolute atomic E-state index is 0.0166. The second-order valence-electron chi connectivity index (χ2n) is 7.06. The highest BCUT2D eigenvalue weighted by Crippen LogP contribution is 2.40. The van der Waals surface area contributed by atoms with Gasteiger partial charge in [0.2, 0.25) is 0 Å². The summed E-state index contributed by atoms with van der Waals surface area (Å²) in [5.74, 6) is 0.936. The summed E-state index contributed by atoms with van der Waals surface area (Å²) < 4.78 is 42.1. The van der Waals surface area contributed by atoms with Gasteiger partial charge in [-0.2, -0.15) is 18.3 Å². The lowest BCUT2D eigenvalue weighted by Crippen LogP contribution is -2.31. The Bertz CT molecular complexity index is 831. The molecule has 0 bridgehead atoms. The number of fused-ring (bicyclic) bond motifs is 1. The van der Waals surface area contributed by atoms with Crippen molar-refractivity contribution in [1.29, 1.82) is 0 Å². The van der Waals surface area contributed by atoms with E-state index < -0.39 is 11.7 Å². The molecular weight excluding hydrogens is 365 g/mol. The van der Waals surface area contributed by atoms with E-state index in [1.807, 2.05) is 0 Å². The van der Waals surface area contributed by atoms with Crippen LogP contribution < -0.4 is 5.32 Å². The summed E-state index contributed by atoms with van der Waals surface area (Å²) >= 11 is 5.82. The van der Waals surface area contributed by atoms with Crippen molar-refractivity contribution >= 4 is 17.4 Å². The van der Waals surface area contributed by atoms with Crippen LogP contribution in [0.15, 0.2) is 18.2 Å². The molecule has 3 heterocycles. The number of piperidine rings is 1. The Hall–Kier alpha value is -1.73. The van der Waals surface area contributed by atoms with Gasteiger partial charge in [-0.05, 0) is 51.1 Å². The molecule has 0 spiro atoms. The molecule has 1 N–H and O–H groups in total. The van der Waals surface area contributed by atoms with Gasteiger partial charge in [0.25, 0.3) is 0 Å². The minimum atomic E-state index is -4.50. The first kappa shape index (κ1) is 17.7. The molecule has 2 aromatic rings. The van der Waals surface area contributed by atoms with Crippen molar-refractivity contribution in [2.75, 3.05) is 32.0 Å². The number of hydrogen-bond acceptors (Lipinski definition) is 3. The Balaban J connectivity index is 1.83. The van der Waals surface area contributed by atoms with E-state index in [-0.39, 0.29) is 16.6 Å². The van der Waals surface area contributed by atoms with Crippen molar-refractivity contribution < 1.29 is 13.2 Å². The van der Waals surface area contributed by atoms with Crippen LogP contribution in [0.1, 0.15) is 35.6 Å². The molecule has 26 heavy (non-hydrogen) atoms. The molecule has 1 aromatic heterocycles. The highest BCUT2D eigenvalue weighted by Gasteiger charge is 2.37. The minimum Gasteiger partial charge on any atom is -0.369 e. The fraction of sp³-hybridized carbons (Fsp3) is 0.500. The first-order chi connectivity index (χ1) is 12.3. The lowest BCUT2D eigenvalue weighted by molar-refractivity contribution is -0.137. The molecule has 0 aliphatic carbocycles. The lowest BCUT2D eigenvalue weighted by Gasteiger charge is -2.29. The van der Waals surface area contributed by atoms with Gasteiger partial charge in [-0.15, -0.1) is 0 Å². The van der Waals surface area contributed by atoms with Crippen LogP contribution in [0.25, 0.3) is 5.69 Å². The summed E-state index contributed by atoms with van der Waals surface area (Å²) in [7, 11) is 2.07. The second-order valence-corrected chi connectivity index (χ2v) is 7.50. The summed E-state index contributed by atoms with van der Waals surface area (Å²) in [6.07, 6.45) is -1.62. The summed E-state index contributed by atoms with van der Waals surface area (Å²) in [4.78, 5) is 2.26. The Morgan fingerprint density at radius 3 is 2.85 bits per heavy atom. The van der Waals surface area contributed by atoms with Crippen LogP contribution in [0.3, 0.4) is 0 Å². The average Bonchev–Trinajstić information content (AvgIpc) is 3.16. The molecule has 4 nitrogen and oxygen atoms in total. The number of nitrogens with zero attached hydrogens (tertiary/aromatic N) is 3. The largest absolute Gasteiger partial charge is 0.418 e. The SMILES string of the molecule is CN1CCCC(c2nn(-c3ccc(Cl)cc3C(F)(F)F)c3c2CCN3)C1. The zero-order chi connectivity index (χ0) is 18.5. The van der Waals surface area contributed by atoms with Gasteiger partial charge in [0.05, 0.1) is 16.9 Å². The molecule has 2 aliphatic rings. The van der Waals surface area contributed by atoms with E-state index in [9.17, 15) is 13.2 Å². The van der Waals surface area contributed by atoms with Gasteiger partial charge in [0.15, 0.2) is 0 Å². The van der Waals surface area contributed by atoms with Gasteiger partial charge >= 0.3 is 6.18 Å². The zero-order valence-corrected chi connectivity index (χ0v) is 15.2. The molecule has 1 atom stereocenters. The van der Waals surface area contributed by atoms with Crippen molar-refractivity contribution in [3.8, 4) is 5.69 Å². The van der Waals surface area contributed by atoms with Gasteiger partial charge in [-0.25, -0.2) is 4.68 Å². The number of hydrogen-bond donors (Lipinski definition) is 1. The molecule has 140 valence electrons. The van der Waals surface area contributed by atoms with E-state index in [2.05, 4.69) is 22.4 Å². The highest BCUT2D eigenvalue weighted by atomic mass is 35.5. The van der Waals surface area contributed by atoms with E-state index in [0.717, 1.165) is 56.2 Å². The topological polar surface area (TPSA) is 33.1 Å². The second kappa shape index (κ2) is 6.46. The van der Waals surface area contributed by atoms with Crippen molar-refractivity contribution in [2.45, 2.75) is 31.4 Å². The molecule has 2 aliphatic heterocycles. The van der Waals surface area contributed by atoms with Crippen molar-refractivity contribution in [2.24, 2.45) is 0 Å². The maximum Gasteiger partial charge on any atom is 0.418 e. The molecule has 1 unspecified atom stereocenters. The third kappa shape index (κ3) is 3.07. The van der Waals surface area contributed by atoms with Gasteiger partial charge in [0, 0.05) is 29.6 Å². The van der Waals surface area contributed by atoms with Crippen LogP contribution in [0.4, 0.5) is 19.0 Å². The van der Waals surface area contributed by atoms with Gasteiger partial charge in [0.1, 0.15) is 5.82 Å². The Kier molecular flexibility index (Phi) is 4.39. The number of halogens is 4. The van der Waals surface area contributed by atoms with E-state index in [0.29, 0.717) is 5.82 Å². The number of nitrogens with one attached hydrogen (secondary N) is 1. The molecular formula is C18H20ClF3N4. The molecule has 0 radical (unpaired) electrons. The van der Waals surface area contributed by atoms with E-state index in [4.69, 9.17) is 11.6 Å². The fourth-order valence-electron chi connectivity index (χ4n) is 4.01. The summed E-state index contributed by atoms with van der Waals surface area (Å²) in [6, 6.07) is 3.84. The molecule has 1 saturated heterocycles. The van der Waals surface area contributed by atoms with Gasteiger partial charge in [-0.1, -0.05) is 11.6 Å². The van der Waals surface area contributed by atoms with Crippen LogP contribution in [-0.4, -0.2) is 41.4 Å². The van der Waals surface area contributed by atoms with E-state index in [1.165, 1.54) is 16.8 Å². The number of likely N-dealkylation sites (N-methyl/N-ethyl adjacent to an activating group) is 1. The fourth-order valence-corrected chi connectivity index (χ4v) is 4.19. The monoisotopic (exact) mass is 384 g/mol. The Morgan fingerprint density at radius 1 is 1.31 bits per heavy atom. The quantitative estimate of drug-likeness (QED) is 0.837. The smallest absolute Gasteiger partial charge is 0.369 e. The number of anilines is 1. The molecule has 0 amide bonds. The average molecular weight is 385 g/mol. The number of alkyl halides is 3. The Labute approximate surface area is 154 Å². The van der Waals surface area contributed by atoms with Crippen molar-refractivity contribution in [3.63, 3.8) is 0 Å². The van der Waals surface area contributed by atoms with Crippen molar-refractivity contribution in [3.05, 3.63) is 40.0 Å². The maximum atomic E-state index is 13.6. The number of aromatic nitrogens is 2. The van der Waals surface area contributed by atoms with Gasteiger partial charge < -0.3 is 10.2 Å². The van der Waals surface area contributed by atoms with Crippen LogP contribution in [-0.2, 0) is 12.6 Å². The third-order valence-corrected chi connectivity index (χ3v) is 5.42. The molecule has 0 saturated carbocycles. The summed E-state index contributed by atoms with van der Waals surface area (Å²) in [5.41, 5.74) is 1.23. The van der Waals surface area contributed by atoms with Gasteiger partial charge in [-0.3, -0.25) is 0 Å². The summed E-state index contributed by atoms with van der Waals surface area (Å²) in [5, 5.41) is 7.93. The first-order valence-corrected chi connectivity index (χ1v) is 9.13. The van der Waals surface area contributed by atoms with Crippen LogP contribution >= 0.6 is 11.6 Å². The molecule has 1 aromatic carbocycles. The molecule has 4 rings (SSSR count). The third-order valence-electron chi connectivity index (χ3n) is 5.19. The predicted octanol–water partition coefficient (Wildman–Crippen LogP) is 4.32. The normalized spacial score (nSPS) is 20.9.